The third-order valence-electron chi connectivity index (χ3n) is 28.3. The zero-order valence-electron chi connectivity index (χ0n) is 78.7. The molecule has 12 amide bonds. The van der Waals surface area contributed by atoms with Gasteiger partial charge in [0.25, 0.3) is 23.6 Å². The van der Waals surface area contributed by atoms with Crippen molar-refractivity contribution in [2.45, 2.75) is 283 Å². The first-order valence-corrected chi connectivity index (χ1v) is 44.2. The van der Waals surface area contributed by atoms with Crippen molar-refractivity contribution in [2.24, 2.45) is 0 Å². The van der Waals surface area contributed by atoms with E-state index in [1.165, 1.54) is 62.1 Å². The number of carbonyl (C=O) groups is 8. The van der Waals surface area contributed by atoms with Crippen LogP contribution in [0.4, 0.5) is 19.2 Å². The van der Waals surface area contributed by atoms with Gasteiger partial charge in [-0.05, 0) is 277 Å². The molecule has 4 saturated heterocycles. The molecule has 24 nitrogen and oxygen atoms in total. The van der Waals surface area contributed by atoms with Crippen molar-refractivity contribution in [3.8, 4) is 79.3 Å². The summed E-state index contributed by atoms with van der Waals surface area (Å²) in [5, 5.41) is 30.3. The van der Waals surface area contributed by atoms with Crippen molar-refractivity contribution in [1.29, 1.82) is 0 Å². The number of methoxy groups -OCH3 is 5. The number of imide groups is 4. The van der Waals surface area contributed by atoms with E-state index in [2.05, 4.69) is 235 Å². The van der Waals surface area contributed by atoms with Gasteiger partial charge in [0.15, 0.2) is 0 Å². The van der Waals surface area contributed by atoms with Crippen LogP contribution in [0.25, 0.3) is 44.6 Å². The Balaban J connectivity index is 0.000000145. The molecule has 0 radical (unpaired) electrons. The van der Waals surface area contributed by atoms with Gasteiger partial charge >= 0.3 is 24.1 Å². The predicted octanol–water partition coefficient (Wildman–Crippen LogP) is 17.6. The quantitative estimate of drug-likeness (QED) is 0.0383. The van der Waals surface area contributed by atoms with Gasteiger partial charge < -0.3 is 50.1 Å². The number of aryl methyl sites for hydroxylation is 4. The van der Waals surface area contributed by atoms with E-state index >= 15 is 0 Å². The van der Waals surface area contributed by atoms with Crippen LogP contribution in [0.5, 0.6) is 34.6 Å². The molecule has 16 rings (SSSR count). The molecular weight excluding hydrogens is 1600 g/mol. The molecule has 0 saturated carbocycles. The average molecular weight is 1730 g/mol. The standard InChI is InChI=1S/C27H34N2O4.C26H32N2O4.2C25H31N3O3/c1-15-10-19-20(27(4,5)9-8-26(19,2)3)13-17(15)18-11-16(22(32-6)14-23(18)33-7)12-21-24(30)29-25(31)28-21;1-14-9-18-19(26(4,5)8-7-25(18,2)3)12-16(14)17-10-15(21(29)13-22(17)32-6)11-20-23(30)28-24(31)27-20;1-14-9-18-19(25(4,5)8-7-24(18,2)3)12-16(14)17-10-15(13-26-22(17)31-6)11-20-21(29)28-23(30)27-20;1-14-11-17-18(25(4,5)10-9-24(17,2)3)13-16(14)21-20(31-6)8-7-15(26-21)12-19-22(29)28-23(30)27-19/h10-11,13-14,21H,8-9,12H2,1-7H3,(H2,28,29,30,31);9-10,12-13,20,29H,7-8,11H2,1-6H3,(H2,27,28,30,31);9-10,12-13,20H,7-8,11H2,1-6H3,(H2,27,28,29,30);7-8,11,13,19H,9-10,12H2,1-6H3,(H2,27,28,29,30). The van der Waals surface area contributed by atoms with Crippen LogP contribution < -0.4 is 66.2 Å². The highest BCUT2D eigenvalue weighted by Gasteiger charge is 2.44. The largest absolute Gasteiger partial charge is 0.508 e. The lowest BCUT2D eigenvalue weighted by Gasteiger charge is -2.42. The number of aromatic hydroxyl groups is 1. The Morgan fingerprint density at radius 3 is 0.976 bits per heavy atom. The minimum Gasteiger partial charge on any atom is -0.508 e. The van der Waals surface area contributed by atoms with Crippen LogP contribution in [0, 0.1) is 27.7 Å². The maximum absolute atomic E-state index is 12.2. The highest BCUT2D eigenvalue weighted by Crippen LogP contribution is 2.54. The molecule has 24 heteroatoms. The number of hydrogen-bond acceptors (Lipinski definition) is 16. The fourth-order valence-corrected chi connectivity index (χ4v) is 19.7. The minimum absolute atomic E-state index is 0.0385. The molecule has 4 unspecified atom stereocenters. The number of fused-ring (bicyclic) bond motifs is 4. The van der Waals surface area contributed by atoms with Crippen molar-refractivity contribution < 1.29 is 67.1 Å². The van der Waals surface area contributed by atoms with E-state index in [4.69, 9.17) is 28.7 Å². The average Bonchev–Trinajstić information content (AvgIpc) is 1.41. The van der Waals surface area contributed by atoms with Crippen LogP contribution in [0.2, 0.25) is 0 Å². The second kappa shape index (κ2) is 34.7. The number of ether oxygens (including phenoxy) is 5. The Hall–Kier alpha value is -11.8. The van der Waals surface area contributed by atoms with E-state index in [1.807, 2.05) is 36.4 Å². The Morgan fingerprint density at radius 2 is 0.630 bits per heavy atom. The number of rotatable bonds is 17. The van der Waals surface area contributed by atoms with Gasteiger partial charge in [-0.25, -0.2) is 29.1 Å². The highest BCUT2D eigenvalue weighted by atomic mass is 16.5. The highest BCUT2D eigenvalue weighted by molar-refractivity contribution is 6.06. The maximum atomic E-state index is 12.2. The number of nitrogens with zero attached hydrogens (tertiary/aromatic N) is 2. The summed E-state index contributed by atoms with van der Waals surface area (Å²) in [7, 11) is 8.11. The van der Waals surface area contributed by atoms with Crippen molar-refractivity contribution in [2.75, 3.05) is 35.5 Å². The first-order valence-electron chi connectivity index (χ1n) is 44.2. The summed E-state index contributed by atoms with van der Waals surface area (Å²) >= 11 is 0. The number of amides is 12. The van der Waals surface area contributed by atoms with Gasteiger partial charge in [0.1, 0.15) is 58.6 Å². The summed E-state index contributed by atoms with van der Waals surface area (Å²) in [4.78, 5) is 104. The zero-order valence-corrected chi connectivity index (χ0v) is 78.7. The summed E-state index contributed by atoms with van der Waals surface area (Å²) in [5.41, 5.74) is 27.4. The second-order valence-electron chi connectivity index (χ2n) is 41.1. The molecule has 9 N–H and O–H groups in total. The topological polar surface area (TPSA) is 325 Å². The van der Waals surface area contributed by atoms with Crippen LogP contribution in [0.1, 0.15) is 251 Å². The number of carbonyl (C=O) groups excluding carboxylic acids is 8. The minimum atomic E-state index is -0.709. The second-order valence-corrected chi connectivity index (χ2v) is 41.1. The van der Waals surface area contributed by atoms with Gasteiger partial charge in [0, 0.05) is 72.0 Å². The number of aromatic nitrogens is 2. The fourth-order valence-electron chi connectivity index (χ4n) is 19.7. The molecule has 4 aliphatic carbocycles. The molecule has 6 aromatic carbocycles. The van der Waals surface area contributed by atoms with Gasteiger partial charge in [0.05, 0.1) is 35.5 Å². The molecule has 0 spiro atoms. The molecule has 8 aliphatic rings. The third-order valence-corrected chi connectivity index (χ3v) is 28.3. The summed E-state index contributed by atoms with van der Waals surface area (Å²) in [6.07, 6.45) is 12.1. The van der Waals surface area contributed by atoms with Gasteiger partial charge in [-0.1, -0.05) is 135 Å². The van der Waals surface area contributed by atoms with Gasteiger partial charge in [-0.2, -0.15) is 0 Å². The summed E-state index contributed by atoms with van der Waals surface area (Å²) < 4.78 is 28.2. The van der Waals surface area contributed by atoms with Crippen LogP contribution in [-0.4, -0.2) is 123 Å². The molecule has 2 aromatic heterocycles. The lowest BCUT2D eigenvalue weighted by atomic mass is 9.62. The van der Waals surface area contributed by atoms with E-state index in [-0.39, 0.29) is 79.1 Å². The number of phenolic OH excluding ortho intramolecular Hbond substituents is 1. The van der Waals surface area contributed by atoms with E-state index in [0.29, 0.717) is 53.7 Å². The SMILES string of the molecule is COc1cc(O)c(CC2NC(=O)NC2=O)cc1-c1cc2c(cc1C)C(C)(C)CCC2(C)C.COc1cc(OC)c(-c2cc3c(cc2C)C(C)(C)CCC3(C)C)cc1CC1NC(=O)NC1=O.COc1ccc(CC2NC(=O)NC2=O)nc1-c1cc2c(cc1C)C(C)(C)CCC2(C)C.COc1ncc(CC2NC(=O)NC2=O)cc1-c1cc2c(cc1C)C(C)(C)CCC2(C)C. The van der Waals surface area contributed by atoms with Crippen molar-refractivity contribution in [3.05, 3.63) is 186 Å². The Bertz CT molecular complexity index is 5620. The molecule has 674 valence electrons. The van der Waals surface area contributed by atoms with Crippen LogP contribution in [0.15, 0.2) is 97.2 Å². The molecule has 6 heterocycles. The molecule has 0 bridgehead atoms. The van der Waals surface area contributed by atoms with E-state index in [0.717, 1.165) is 118 Å². The normalized spacial score (nSPS) is 21.0. The van der Waals surface area contributed by atoms with Crippen LogP contribution in [0.3, 0.4) is 0 Å². The summed E-state index contributed by atoms with van der Waals surface area (Å²) in [5.74, 6) is 1.86. The van der Waals surface area contributed by atoms with E-state index in [9.17, 15) is 43.5 Å². The summed E-state index contributed by atoms with van der Waals surface area (Å²) in [6.45, 7) is 45.5. The Kier molecular flexibility index (Phi) is 25.4. The molecular formula is C103H128N10O14. The monoisotopic (exact) mass is 1730 g/mol. The number of nitrogens with one attached hydrogen (secondary N) is 8. The Morgan fingerprint density at radius 1 is 0.323 bits per heavy atom. The zero-order chi connectivity index (χ0) is 92.7. The lowest BCUT2D eigenvalue weighted by Crippen LogP contribution is -2.34. The fraction of sp³-hybridized carbons (Fsp3) is 0.476. The first-order chi connectivity index (χ1) is 59.4. The van der Waals surface area contributed by atoms with Gasteiger partial charge in [-0.3, -0.25) is 40.4 Å². The summed E-state index contributed by atoms with van der Waals surface area (Å²) in [6, 6.07) is 27.2. The van der Waals surface area contributed by atoms with Gasteiger partial charge in [0.2, 0.25) is 5.88 Å². The third kappa shape index (κ3) is 18.8. The van der Waals surface area contributed by atoms with Crippen molar-refractivity contribution in [1.82, 2.24) is 52.5 Å². The first kappa shape index (κ1) is 92.8. The number of phenols is 1. The number of hydrogen-bond donors (Lipinski definition) is 9. The van der Waals surface area contributed by atoms with Crippen LogP contribution in [-0.2, 0) is 88.2 Å². The predicted molar refractivity (Wildman–Crippen MR) is 494 cm³/mol. The smallest absolute Gasteiger partial charge is 0.322 e. The van der Waals surface area contributed by atoms with Crippen molar-refractivity contribution in [3.63, 3.8) is 0 Å². The number of benzene rings is 6. The molecule has 4 fully saturated rings. The lowest BCUT2D eigenvalue weighted by molar-refractivity contribution is -0.121. The molecule has 4 aliphatic heterocycles. The Labute approximate surface area is 747 Å². The van der Waals surface area contributed by atoms with Gasteiger partial charge in [-0.15, -0.1) is 0 Å². The maximum Gasteiger partial charge on any atom is 0.322 e. The molecule has 4 atom stereocenters. The van der Waals surface area contributed by atoms with E-state index in [1.54, 1.807) is 47.8 Å². The number of pyridine rings is 2. The molecule has 127 heavy (non-hydrogen) atoms. The number of urea groups is 4. The molecule has 8 aromatic rings. The van der Waals surface area contributed by atoms with Crippen LogP contribution >= 0.6 is 0 Å². The van der Waals surface area contributed by atoms with Crippen molar-refractivity contribution >= 4 is 47.8 Å². The van der Waals surface area contributed by atoms with E-state index < -0.39 is 48.3 Å².